The van der Waals surface area contributed by atoms with Crippen molar-refractivity contribution in [3.8, 4) is 78.9 Å². The van der Waals surface area contributed by atoms with E-state index >= 15 is 0 Å². The quantitative estimate of drug-likeness (QED) is 0.153. The van der Waals surface area contributed by atoms with Crippen molar-refractivity contribution in [3.63, 3.8) is 0 Å². The van der Waals surface area contributed by atoms with E-state index in [4.69, 9.17) is 15.0 Å². The predicted molar refractivity (Wildman–Crippen MR) is 281 cm³/mol. The molecule has 0 aliphatic heterocycles. The molecule has 0 aliphatic rings. The Morgan fingerprint density at radius 1 is 0.250 bits per heavy atom. The smallest absolute Gasteiger partial charge is 0.238 e. The first kappa shape index (κ1) is 39.2. The van der Waals surface area contributed by atoms with Crippen LogP contribution in [0.5, 0.6) is 0 Å². The molecule has 0 aliphatic carbocycles. The Hall–Kier alpha value is -9.19. The van der Waals surface area contributed by atoms with Gasteiger partial charge >= 0.3 is 0 Å². The monoisotopic (exact) mass is 867 g/mol. The largest absolute Gasteiger partial charge is 0.307 e. The summed E-state index contributed by atoms with van der Waals surface area (Å²) in [5.41, 5.74) is 16.4. The third-order valence-electron chi connectivity index (χ3n) is 13.2. The lowest BCUT2D eigenvalue weighted by Crippen LogP contribution is -2.07. The van der Waals surface area contributed by atoms with Gasteiger partial charge in [0.25, 0.3) is 0 Å². The number of rotatable bonds is 8. The van der Waals surface area contributed by atoms with Crippen LogP contribution in [0.3, 0.4) is 0 Å². The van der Waals surface area contributed by atoms with Crippen molar-refractivity contribution in [1.82, 2.24) is 24.1 Å². The van der Waals surface area contributed by atoms with Gasteiger partial charge in [-0.2, -0.15) is 9.97 Å². The molecule has 5 heteroatoms. The lowest BCUT2D eigenvalue weighted by atomic mass is 9.97. The summed E-state index contributed by atoms with van der Waals surface area (Å²) in [4.78, 5) is 16.0. The highest BCUT2D eigenvalue weighted by Crippen LogP contribution is 2.44. The maximum Gasteiger partial charge on any atom is 0.238 e. The minimum Gasteiger partial charge on any atom is -0.307 e. The van der Waals surface area contributed by atoms with Crippen LogP contribution in [-0.4, -0.2) is 24.1 Å². The molecular weight excluding hydrogens is 827 g/mol. The van der Waals surface area contributed by atoms with E-state index < -0.39 is 0 Å². The third-order valence-corrected chi connectivity index (χ3v) is 13.2. The fourth-order valence-corrected chi connectivity index (χ4v) is 9.98. The predicted octanol–water partition coefficient (Wildman–Crippen LogP) is 16.1. The molecule has 0 saturated heterocycles. The van der Waals surface area contributed by atoms with Gasteiger partial charge in [-0.05, 0) is 69.3 Å². The van der Waals surface area contributed by atoms with Gasteiger partial charge in [-0.1, -0.05) is 218 Å². The highest BCUT2D eigenvalue weighted by molar-refractivity contribution is 6.24. The Morgan fingerprint density at radius 3 is 1.22 bits per heavy atom. The number of aromatic nitrogens is 5. The molecule has 5 nitrogen and oxygen atoms in total. The topological polar surface area (TPSA) is 48.5 Å². The molecule has 0 fully saturated rings. The summed E-state index contributed by atoms with van der Waals surface area (Å²) >= 11 is 0. The van der Waals surface area contributed by atoms with Crippen LogP contribution in [0.15, 0.2) is 249 Å². The van der Waals surface area contributed by atoms with Gasteiger partial charge in [-0.3, -0.25) is 4.57 Å². The second kappa shape index (κ2) is 16.4. The van der Waals surface area contributed by atoms with Gasteiger partial charge in [0.2, 0.25) is 5.95 Å². The first-order valence-electron chi connectivity index (χ1n) is 23.0. The van der Waals surface area contributed by atoms with Crippen LogP contribution in [0.2, 0.25) is 0 Å². The first-order valence-corrected chi connectivity index (χ1v) is 23.0. The van der Waals surface area contributed by atoms with E-state index in [1.807, 2.05) is 18.2 Å². The standard InChI is InChI=1S/C63H41N5/c1-5-18-42(19-6-1)48-26-17-27-49(40-48)44-32-34-47(35-33-44)62-64-61(46-24-11-4-12-25-46)65-63(66-62)68-57-31-16-14-29-52(57)54-38-37-53-51-28-13-15-30-56(51)67(59(53)60(54)68)58-39-36-50(43-20-7-2-8-21-43)41-55(58)45-22-9-3-10-23-45/h1-41H. The van der Waals surface area contributed by atoms with E-state index in [0.29, 0.717) is 17.6 Å². The fraction of sp³-hybridized carbons (Fsp3) is 0. The van der Waals surface area contributed by atoms with E-state index in [2.05, 4.69) is 240 Å². The Morgan fingerprint density at radius 2 is 0.647 bits per heavy atom. The van der Waals surface area contributed by atoms with Gasteiger partial charge in [-0.25, -0.2) is 4.98 Å². The van der Waals surface area contributed by atoms with Gasteiger partial charge in [0.15, 0.2) is 11.6 Å². The van der Waals surface area contributed by atoms with Gasteiger partial charge in [-0.15, -0.1) is 0 Å². The minimum absolute atomic E-state index is 0.548. The molecule has 0 atom stereocenters. The lowest BCUT2D eigenvalue weighted by molar-refractivity contribution is 0.953. The Balaban J connectivity index is 1.06. The van der Waals surface area contributed by atoms with Crippen molar-refractivity contribution in [2.75, 3.05) is 0 Å². The number of para-hydroxylation sites is 2. The average molecular weight is 868 g/mol. The maximum absolute atomic E-state index is 5.43. The molecule has 318 valence electrons. The van der Waals surface area contributed by atoms with Crippen LogP contribution >= 0.6 is 0 Å². The Labute approximate surface area is 393 Å². The molecule has 3 heterocycles. The van der Waals surface area contributed by atoms with Crippen molar-refractivity contribution < 1.29 is 0 Å². The second-order valence-corrected chi connectivity index (χ2v) is 17.2. The van der Waals surface area contributed by atoms with Crippen LogP contribution in [0.25, 0.3) is 123 Å². The SMILES string of the molecule is c1ccc(-c2cccc(-c3ccc(-c4nc(-c5ccccc5)nc(-n5c6ccccc6c6ccc7c8ccccc8n(-c8ccc(-c9ccccc9)cc8-c8ccccc8)c7c65)n4)cc3)c2)cc1. The number of fused-ring (bicyclic) bond motifs is 7. The van der Waals surface area contributed by atoms with Gasteiger partial charge in [0, 0.05) is 38.2 Å². The average Bonchev–Trinajstić information content (AvgIpc) is 3.95. The van der Waals surface area contributed by atoms with E-state index in [0.717, 1.165) is 82.9 Å². The molecule has 0 unspecified atom stereocenters. The summed E-state index contributed by atoms with van der Waals surface area (Å²) in [5, 5.41) is 4.55. The molecule has 0 spiro atoms. The summed E-state index contributed by atoms with van der Waals surface area (Å²) in [5.74, 6) is 1.75. The highest BCUT2D eigenvalue weighted by Gasteiger charge is 2.25. The summed E-state index contributed by atoms with van der Waals surface area (Å²) in [6.07, 6.45) is 0. The number of hydrogen-bond acceptors (Lipinski definition) is 3. The summed E-state index contributed by atoms with van der Waals surface area (Å²) < 4.78 is 4.73. The minimum atomic E-state index is 0.548. The van der Waals surface area contributed by atoms with Crippen LogP contribution < -0.4 is 0 Å². The Kier molecular flexibility index (Phi) is 9.43. The molecular formula is C63H41N5. The zero-order valence-electron chi connectivity index (χ0n) is 36.9. The highest BCUT2D eigenvalue weighted by atomic mass is 15.2. The molecule has 0 bridgehead atoms. The zero-order chi connectivity index (χ0) is 45.0. The Bertz CT molecular complexity index is 3990. The fourth-order valence-electron chi connectivity index (χ4n) is 9.98. The van der Waals surface area contributed by atoms with Gasteiger partial charge < -0.3 is 4.57 Å². The summed E-state index contributed by atoms with van der Waals surface area (Å²) in [6, 6.07) is 88.2. The molecule has 0 radical (unpaired) electrons. The van der Waals surface area contributed by atoms with Crippen LogP contribution in [0, 0.1) is 0 Å². The third kappa shape index (κ3) is 6.68. The molecule has 0 amide bonds. The molecule has 13 aromatic rings. The number of hydrogen-bond donors (Lipinski definition) is 0. The zero-order valence-corrected chi connectivity index (χ0v) is 36.9. The first-order chi connectivity index (χ1) is 33.7. The molecule has 13 rings (SSSR count). The molecule has 3 aromatic heterocycles. The van der Waals surface area contributed by atoms with Crippen molar-refractivity contribution in [3.05, 3.63) is 249 Å². The second-order valence-electron chi connectivity index (χ2n) is 17.2. The van der Waals surface area contributed by atoms with Gasteiger partial charge in [0.05, 0.1) is 27.8 Å². The molecule has 68 heavy (non-hydrogen) atoms. The van der Waals surface area contributed by atoms with Crippen molar-refractivity contribution in [1.29, 1.82) is 0 Å². The van der Waals surface area contributed by atoms with Crippen molar-refractivity contribution in [2.45, 2.75) is 0 Å². The lowest BCUT2D eigenvalue weighted by Gasteiger charge is -2.17. The number of nitrogens with zero attached hydrogens (tertiary/aromatic N) is 5. The van der Waals surface area contributed by atoms with Gasteiger partial charge in [0.1, 0.15) is 0 Å². The maximum atomic E-state index is 5.43. The number of benzene rings is 10. The van der Waals surface area contributed by atoms with E-state index in [1.165, 1.54) is 22.1 Å². The van der Waals surface area contributed by atoms with Crippen LogP contribution in [0.4, 0.5) is 0 Å². The van der Waals surface area contributed by atoms with Crippen LogP contribution in [0.1, 0.15) is 0 Å². The molecule has 0 saturated carbocycles. The van der Waals surface area contributed by atoms with Crippen LogP contribution in [-0.2, 0) is 0 Å². The summed E-state index contributed by atoms with van der Waals surface area (Å²) in [6.45, 7) is 0. The van der Waals surface area contributed by atoms with E-state index in [9.17, 15) is 0 Å². The normalized spacial score (nSPS) is 11.5. The summed E-state index contributed by atoms with van der Waals surface area (Å²) in [7, 11) is 0. The van der Waals surface area contributed by atoms with E-state index in [1.54, 1.807) is 0 Å². The molecule has 10 aromatic carbocycles. The van der Waals surface area contributed by atoms with E-state index in [-0.39, 0.29) is 0 Å². The van der Waals surface area contributed by atoms with Crippen molar-refractivity contribution >= 4 is 43.6 Å². The molecule has 0 N–H and O–H groups in total. The van der Waals surface area contributed by atoms with Crippen molar-refractivity contribution in [2.24, 2.45) is 0 Å².